The van der Waals surface area contributed by atoms with E-state index in [-0.39, 0.29) is 0 Å². The van der Waals surface area contributed by atoms with Gasteiger partial charge in [-0.05, 0) is 36.8 Å². The summed E-state index contributed by atoms with van der Waals surface area (Å²) >= 11 is 0. The average molecular weight is 398 g/mol. The Labute approximate surface area is 172 Å². The van der Waals surface area contributed by atoms with E-state index >= 15 is 0 Å². The molecule has 4 rings (SSSR count). The molecule has 5 heteroatoms. The molecular weight excluding hydrogens is 366 g/mol. The van der Waals surface area contributed by atoms with Gasteiger partial charge in [0.25, 0.3) is 0 Å². The molecule has 0 spiro atoms. The minimum Gasteiger partial charge on any atom is -0.479 e. The molecule has 156 valence electrons. The first kappa shape index (κ1) is 21.5. The van der Waals surface area contributed by atoms with Gasteiger partial charge >= 0.3 is 5.97 Å². The lowest BCUT2D eigenvalue weighted by Crippen LogP contribution is -2.50. The van der Waals surface area contributed by atoms with E-state index < -0.39 is 11.6 Å². The zero-order valence-corrected chi connectivity index (χ0v) is 16.8. The first-order chi connectivity index (χ1) is 14.1. The van der Waals surface area contributed by atoms with Gasteiger partial charge in [0.1, 0.15) is 0 Å². The number of aliphatic hydroxyl groups excluding tert-OH is 1. The summed E-state index contributed by atoms with van der Waals surface area (Å²) in [6, 6.07) is 18.4. The van der Waals surface area contributed by atoms with Crippen molar-refractivity contribution in [2.24, 2.45) is 0 Å². The topological polar surface area (TPSA) is 81.0 Å². The third kappa shape index (κ3) is 4.86. The lowest BCUT2D eigenvalue weighted by molar-refractivity contribution is -0.155. The van der Waals surface area contributed by atoms with Gasteiger partial charge < -0.3 is 15.3 Å². The van der Waals surface area contributed by atoms with Gasteiger partial charge in [-0.1, -0.05) is 73.5 Å². The van der Waals surface area contributed by atoms with Crippen LogP contribution in [0.2, 0.25) is 0 Å². The smallest absolute Gasteiger partial charge is 0.345 e. The molecule has 2 aromatic carbocycles. The molecule has 2 saturated heterocycles. The highest BCUT2D eigenvalue weighted by Gasteiger charge is 2.39. The van der Waals surface area contributed by atoms with Crippen molar-refractivity contribution in [2.45, 2.75) is 56.2 Å². The summed E-state index contributed by atoms with van der Waals surface area (Å²) in [5.74, 6) is -1.28. The Hall–Kier alpha value is -2.21. The lowest BCUT2D eigenvalue weighted by Gasteiger charge is -2.46. The fourth-order valence-corrected chi connectivity index (χ4v) is 4.68. The predicted octanol–water partition coefficient (Wildman–Crippen LogP) is 3.39. The van der Waals surface area contributed by atoms with Crippen molar-refractivity contribution < 1.29 is 20.1 Å². The van der Waals surface area contributed by atoms with E-state index in [0.29, 0.717) is 17.7 Å². The molecule has 0 saturated carbocycles. The van der Waals surface area contributed by atoms with Crippen molar-refractivity contribution >= 4 is 5.97 Å². The molecule has 3 N–H and O–H groups in total. The summed E-state index contributed by atoms with van der Waals surface area (Å²) in [7, 11) is 0. The van der Waals surface area contributed by atoms with Crippen LogP contribution in [0.3, 0.4) is 0 Å². The van der Waals surface area contributed by atoms with Crippen LogP contribution in [0.5, 0.6) is 0 Å². The van der Waals surface area contributed by atoms with Crippen LogP contribution in [-0.2, 0) is 10.4 Å². The van der Waals surface area contributed by atoms with Crippen LogP contribution < -0.4 is 0 Å². The molecule has 0 aliphatic carbocycles. The number of carboxylic acid groups (broad SMARTS) is 1. The van der Waals surface area contributed by atoms with E-state index in [4.69, 9.17) is 5.11 Å². The number of carbonyl (C=O) groups is 1. The number of hydrogen-bond acceptors (Lipinski definition) is 4. The first-order valence-corrected chi connectivity index (χ1v) is 10.5. The molecular formula is C24H31NO4. The molecule has 0 aromatic heterocycles. The van der Waals surface area contributed by atoms with Crippen LogP contribution in [0.4, 0.5) is 0 Å². The van der Waals surface area contributed by atoms with Gasteiger partial charge in [-0.2, -0.15) is 0 Å². The Bertz CT molecular complexity index is 703. The number of carboxylic acids is 1. The molecule has 2 fully saturated rings. The standard InChI is InChI=1S/C14H12O3.C10H19NO/c15-13(16)14(17,11-7-3-1-4-8-11)12-9-5-2-6-10-12;12-8-7-11-9-3-1-4-10(11)6-2-5-9/h1-10,17H,(H,15,16);9-10,12H,1-8H2. The normalized spacial score (nSPS) is 21.7. The average Bonchev–Trinajstić information content (AvgIpc) is 2.75. The van der Waals surface area contributed by atoms with E-state index in [1.54, 1.807) is 60.7 Å². The fraction of sp³-hybridized carbons (Fsp3) is 0.458. The van der Waals surface area contributed by atoms with Gasteiger partial charge in [0, 0.05) is 18.6 Å². The zero-order chi connectivity index (χ0) is 20.7. The molecule has 0 atom stereocenters. The first-order valence-electron chi connectivity index (χ1n) is 10.5. The Morgan fingerprint density at radius 2 is 1.28 bits per heavy atom. The van der Waals surface area contributed by atoms with Gasteiger partial charge in [0.15, 0.2) is 0 Å². The Kier molecular flexibility index (Phi) is 7.42. The molecule has 2 aliphatic rings. The van der Waals surface area contributed by atoms with Crippen molar-refractivity contribution in [2.75, 3.05) is 13.2 Å². The van der Waals surface area contributed by atoms with Gasteiger partial charge in [-0.3, -0.25) is 4.90 Å². The maximum absolute atomic E-state index is 11.4. The molecule has 2 aromatic rings. The Morgan fingerprint density at radius 1 is 0.862 bits per heavy atom. The van der Waals surface area contributed by atoms with Gasteiger partial charge in [-0.25, -0.2) is 4.79 Å². The zero-order valence-electron chi connectivity index (χ0n) is 16.8. The van der Waals surface area contributed by atoms with E-state index in [1.807, 2.05) is 0 Å². The van der Waals surface area contributed by atoms with Gasteiger partial charge in [-0.15, -0.1) is 0 Å². The highest BCUT2D eigenvalue weighted by molar-refractivity contribution is 5.83. The van der Waals surface area contributed by atoms with Crippen molar-refractivity contribution in [3.63, 3.8) is 0 Å². The van der Waals surface area contributed by atoms with E-state index in [9.17, 15) is 15.0 Å². The van der Waals surface area contributed by atoms with Crippen molar-refractivity contribution in [3.05, 3.63) is 71.8 Å². The van der Waals surface area contributed by atoms with E-state index in [1.165, 1.54) is 38.5 Å². The van der Waals surface area contributed by atoms with Crippen LogP contribution in [-0.4, -0.2) is 51.4 Å². The number of piperidine rings is 2. The summed E-state index contributed by atoms with van der Waals surface area (Å²) in [6.45, 7) is 1.25. The molecule has 2 heterocycles. The molecule has 2 bridgehead atoms. The molecule has 0 radical (unpaired) electrons. The summed E-state index contributed by atoms with van der Waals surface area (Å²) in [6.07, 6.45) is 8.31. The molecule has 0 amide bonds. The second-order valence-corrected chi connectivity index (χ2v) is 7.88. The summed E-state index contributed by atoms with van der Waals surface area (Å²) < 4.78 is 0. The summed E-state index contributed by atoms with van der Waals surface area (Å²) in [5, 5.41) is 28.7. The van der Waals surface area contributed by atoms with Crippen LogP contribution in [0.15, 0.2) is 60.7 Å². The second-order valence-electron chi connectivity index (χ2n) is 7.88. The van der Waals surface area contributed by atoms with E-state index in [2.05, 4.69) is 4.90 Å². The third-order valence-electron chi connectivity index (χ3n) is 6.14. The number of benzene rings is 2. The van der Waals surface area contributed by atoms with Gasteiger partial charge in [0.2, 0.25) is 5.60 Å². The Morgan fingerprint density at radius 3 is 1.62 bits per heavy atom. The lowest BCUT2D eigenvalue weighted by atomic mass is 9.84. The number of aliphatic carboxylic acids is 1. The second kappa shape index (κ2) is 10.0. The minimum absolute atomic E-state index is 0.340. The summed E-state index contributed by atoms with van der Waals surface area (Å²) in [4.78, 5) is 13.9. The highest BCUT2D eigenvalue weighted by atomic mass is 16.4. The van der Waals surface area contributed by atoms with Crippen molar-refractivity contribution in [1.29, 1.82) is 0 Å². The van der Waals surface area contributed by atoms with Crippen LogP contribution in [0, 0.1) is 0 Å². The number of nitrogens with zero attached hydrogens (tertiary/aromatic N) is 1. The van der Waals surface area contributed by atoms with Crippen molar-refractivity contribution in [3.8, 4) is 0 Å². The maximum atomic E-state index is 11.4. The number of fused-ring (bicyclic) bond motifs is 2. The van der Waals surface area contributed by atoms with Crippen LogP contribution >= 0.6 is 0 Å². The molecule has 29 heavy (non-hydrogen) atoms. The monoisotopic (exact) mass is 397 g/mol. The predicted molar refractivity (Wildman–Crippen MR) is 113 cm³/mol. The fourth-order valence-electron chi connectivity index (χ4n) is 4.68. The van der Waals surface area contributed by atoms with Gasteiger partial charge in [0.05, 0.1) is 6.61 Å². The maximum Gasteiger partial charge on any atom is 0.345 e. The van der Waals surface area contributed by atoms with E-state index in [0.717, 1.165) is 18.6 Å². The molecule has 2 aliphatic heterocycles. The number of aliphatic hydroxyl groups is 2. The van der Waals surface area contributed by atoms with Crippen molar-refractivity contribution in [1.82, 2.24) is 4.90 Å². The molecule has 5 nitrogen and oxygen atoms in total. The third-order valence-corrected chi connectivity index (χ3v) is 6.14. The van der Waals surface area contributed by atoms with Crippen LogP contribution in [0.25, 0.3) is 0 Å². The van der Waals surface area contributed by atoms with Crippen LogP contribution in [0.1, 0.15) is 49.7 Å². The largest absolute Gasteiger partial charge is 0.479 e. The minimum atomic E-state index is -2.00. The quantitative estimate of drug-likeness (QED) is 0.721. The SMILES string of the molecule is O=C(O)C(O)(c1ccccc1)c1ccccc1.OCCN1C2CCCC1CCC2. The number of rotatable bonds is 5. The number of hydrogen-bond donors (Lipinski definition) is 3. The highest BCUT2D eigenvalue weighted by Crippen LogP contribution is 2.33. The summed E-state index contributed by atoms with van der Waals surface area (Å²) in [5.41, 5.74) is -1.31. The Balaban J connectivity index is 0.000000176. The molecule has 0 unspecified atom stereocenters.